The predicted octanol–water partition coefficient (Wildman–Crippen LogP) is 1.37. The van der Waals surface area contributed by atoms with Gasteiger partial charge in [0.25, 0.3) is 0 Å². The summed E-state index contributed by atoms with van der Waals surface area (Å²) in [5, 5.41) is 8.93. The van der Waals surface area contributed by atoms with Gasteiger partial charge in [-0.25, -0.2) is 4.79 Å². The molecule has 0 saturated carbocycles. The Bertz CT molecular complexity index is 408. The van der Waals surface area contributed by atoms with Crippen LogP contribution in [0, 0.1) is 0 Å². The van der Waals surface area contributed by atoms with Gasteiger partial charge < -0.3 is 15.6 Å². The van der Waals surface area contributed by atoms with E-state index >= 15 is 0 Å². The van der Waals surface area contributed by atoms with Crippen molar-refractivity contribution in [2.75, 3.05) is 7.11 Å². The van der Waals surface area contributed by atoms with Crippen LogP contribution in [0.3, 0.4) is 0 Å². The zero-order valence-corrected chi connectivity index (χ0v) is 10.1. The molecule has 1 aromatic carbocycles. The third kappa shape index (κ3) is 4.05. The molecule has 1 atom stereocenters. The SMILES string of the molecule is COC(=O)C[C@H](N)c1ccccc1C(=O)O.Cl. The Labute approximate surface area is 105 Å². The molecule has 0 aliphatic carbocycles. The molecule has 0 aliphatic rings. The monoisotopic (exact) mass is 259 g/mol. The molecule has 0 saturated heterocycles. The van der Waals surface area contributed by atoms with Crippen molar-refractivity contribution in [3.63, 3.8) is 0 Å². The van der Waals surface area contributed by atoms with E-state index in [2.05, 4.69) is 4.74 Å². The fourth-order valence-corrected chi connectivity index (χ4v) is 1.39. The van der Waals surface area contributed by atoms with E-state index in [1.807, 2.05) is 0 Å². The standard InChI is InChI=1S/C11H13NO4.ClH/c1-16-10(13)6-9(12)7-4-2-3-5-8(7)11(14)15;/h2-5,9H,6,12H2,1H3,(H,14,15);1H/t9-;/m0./s1. The van der Waals surface area contributed by atoms with Crippen molar-refractivity contribution >= 4 is 24.3 Å². The van der Waals surface area contributed by atoms with Gasteiger partial charge in [-0.05, 0) is 11.6 Å². The van der Waals surface area contributed by atoms with E-state index < -0.39 is 18.0 Å². The molecule has 0 bridgehead atoms. The van der Waals surface area contributed by atoms with Crippen LogP contribution in [0.15, 0.2) is 24.3 Å². The van der Waals surface area contributed by atoms with Gasteiger partial charge in [0.1, 0.15) is 0 Å². The normalized spacial score (nSPS) is 11.2. The van der Waals surface area contributed by atoms with E-state index in [0.717, 1.165) is 0 Å². The molecular weight excluding hydrogens is 246 g/mol. The number of carboxylic acid groups (broad SMARTS) is 1. The van der Waals surface area contributed by atoms with Crippen LogP contribution in [0.25, 0.3) is 0 Å². The van der Waals surface area contributed by atoms with Crippen LogP contribution in [0.2, 0.25) is 0 Å². The zero-order chi connectivity index (χ0) is 12.1. The minimum absolute atomic E-state index is 0. The Morgan fingerprint density at radius 2 is 2.00 bits per heavy atom. The van der Waals surface area contributed by atoms with Crippen molar-refractivity contribution in [3.05, 3.63) is 35.4 Å². The van der Waals surface area contributed by atoms with Crippen molar-refractivity contribution in [1.29, 1.82) is 0 Å². The maximum absolute atomic E-state index is 11.0. The largest absolute Gasteiger partial charge is 0.478 e. The van der Waals surface area contributed by atoms with E-state index in [1.165, 1.54) is 13.2 Å². The minimum atomic E-state index is -1.06. The highest BCUT2D eigenvalue weighted by molar-refractivity contribution is 5.89. The highest BCUT2D eigenvalue weighted by Gasteiger charge is 2.18. The van der Waals surface area contributed by atoms with Gasteiger partial charge in [0.05, 0.1) is 19.1 Å². The van der Waals surface area contributed by atoms with Crippen LogP contribution in [0.1, 0.15) is 28.4 Å². The number of methoxy groups -OCH3 is 1. The van der Waals surface area contributed by atoms with E-state index in [0.29, 0.717) is 5.56 Å². The van der Waals surface area contributed by atoms with E-state index in [9.17, 15) is 9.59 Å². The van der Waals surface area contributed by atoms with Crippen molar-refractivity contribution in [2.45, 2.75) is 12.5 Å². The van der Waals surface area contributed by atoms with E-state index in [4.69, 9.17) is 10.8 Å². The van der Waals surface area contributed by atoms with Gasteiger partial charge in [0.15, 0.2) is 0 Å². The highest BCUT2D eigenvalue weighted by atomic mass is 35.5. The Balaban J connectivity index is 0.00000256. The topological polar surface area (TPSA) is 89.6 Å². The van der Waals surface area contributed by atoms with Crippen molar-refractivity contribution < 1.29 is 19.4 Å². The van der Waals surface area contributed by atoms with Gasteiger partial charge in [0.2, 0.25) is 0 Å². The first-order valence-corrected chi connectivity index (χ1v) is 4.71. The second-order valence-corrected chi connectivity index (χ2v) is 3.28. The average Bonchev–Trinajstić information content (AvgIpc) is 2.28. The average molecular weight is 260 g/mol. The van der Waals surface area contributed by atoms with Crippen molar-refractivity contribution in [2.24, 2.45) is 5.73 Å². The molecule has 6 heteroatoms. The molecule has 0 spiro atoms. The minimum Gasteiger partial charge on any atom is -0.478 e. The molecule has 0 radical (unpaired) electrons. The lowest BCUT2D eigenvalue weighted by Gasteiger charge is -2.12. The molecule has 0 unspecified atom stereocenters. The van der Waals surface area contributed by atoms with Gasteiger partial charge in [0, 0.05) is 6.04 Å². The summed E-state index contributed by atoms with van der Waals surface area (Å²) in [6.45, 7) is 0. The Morgan fingerprint density at radius 1 is 1.41 bits per heavy atom. The molecule has 0 aromatic heterocycles. The third-order valence-corrected chi connectivity index (χ3v) is 2.20. The second-order valence-electron chi connectivity index (χ2n) is 3.28. The van der Waals surface area contributed by atoms with Crippen LogP contribution in [-0.4, -0.2) is 24.2 Å². The molecule has 0 fully saturated rings. The number of carbonyl (C=O) groups is 2. The fourth-order valence-electron chi connectivity index (χ4n) is 1.39. The lowest BCUT2D eigenvalue weighted by Crippen LogP contribution is -2.19. The van der Waals surface area contributed by atoms with Gasteiger partial charge in [-0.15, -0.1) is 12.4 Å². The molecule has 3 N–H and O–H groups in total. The van der Waals surface area contributed by atoms with E-state index in [-0.39, 0.29) is 24.4 Å². The molecule has 5 nitrogen and oxygen atoms in total. The lowest BCUT2D eigenvalue weighted by atomic mass is 9.99. The number of aromatic carboxylic acids is 1. The van der Waals surface area contributed by atoms with Gasteiger partial charge >= 0.3 is 11.9 Å². The summed E-state index contributed by atoms with van der Waals surface area (Å²) in [5.74, 6) is -1.52. The smallest absolute Gasteiger partial charge is 0.336 e. The number of hydrogen-bond donors (Lipinski definition) is 2. The van der Waals surface area contributed by atoms with Crippen molar-refractivity contribution in [1.82, 2.24) is 0 Å². The quantitative estimate of drug-likeness (QED) is 0.797. The van der Waals surface area contributed by atoms with Crippen LogP contribution >= 0.6 is 12.4 Å². The van der Waals surface area contributed by atoms with Gasteiger partial charge in [-0.2, -0.15) is 0 Å². The van der Waals surface area contributed by atoms with Crippen LogP contribution in [0.4, 0.5) is 0 Å². The summed E-state index contributed by atoms with van der Waals surface area (Å²) < 4.78 is 4.48. The molecule has 17 heavy (non-hydrogen) atoms. The number of ether oxygens (including phenoxy) is 1. The Morgan fingerprint density at radius 3 is 2.53 bits per heavy atom. The molecule has 0 heterocycles. The first kappa shape index (κ1) is 15.4. The van der Waals surface area contributed by atoms with Crippen LogP contribution in [0.5, 0.6) is 0 Å². The molecule has 1 rings (SSSR count). The number of esters is 1. The fraction of sp³-hybridized carbons (Fsp3) is 0.273. The Kier molecular flexibility index (Phi) is 6.23. The predicted molar refractivity (Wildman–Crippen MR) is 64.2 cm³/mol. The summed E-state index contributed by atoms with van der Waals surface area (Å²) >= 11 is 0. The van der Waals surface area contributed by atoms with Crippen LogP contribution in [-0.2, 0) is 9.53 Å². The number of hydrogen-bond acceptors (Lipinski definition) is 4. The summed E-state index contributed by atoms with van der Waals surface area (Å²) in [6, 6.07) is 5.67. The molecular formula is C11H14ClNO4. The van der Waals surface area contributed by atoms with Gasteiger partial charge in [-0.1, -0.05) is 18.2 Å². The van der Waals surface area contributed by atoms with Crippen molar-refractivity contribution in [3.8, 4) is 0 Å². The Hall–Kier alpha value is -1.59. The number of nitrogens with two attached hydrogens (primary N) is 1. The summed E-state index contributed by atoms with van der Waals surface area (Å²) in [5.41, 5.74) is 6.29. The number of carbonyl (C=O) groups excluding carboxylic acids is 1. The number of halogens is 1. The lowest BCUT2D eigenvalue weighted by molar-refractivity contribution is -0.141. The number of carboxylic acids is 1. The maximum atomic E-state index is 11.0. The first-order valence-electron chi connectivity index (χ1n) is 4.71. The maximum Gasteiger partial charge on any atom is 0.336 e. The zero-order valence-electron chi connectivity index (χ0n) is 9.25. The van der Waals surface area contributed by atoms with Gasteiger partial charge in [-0.3, -0.25) is 4.79 Å². The summed E-state index contributed by atoms with van der Waals surface area (Å²) in [7, 11) is 1.26. The summed E-state index contributed by atoms with van der Waals surface area (Å²) in [6.07, 6.45) is -0.0409. The van der Waals surface area contributed by atoms with E-state index in [1.54, 1.807) is 18.2 Å². The highest BCUT2D eigenvalue weighted by Crippen LogP contribution is 2.19. The third-order valence-electron chi connectivity index (χ3n) is 2.20. The number of rotatable bonds is 4. The second kappa shape index (κ2) is 6.88. The molecule has 1 aromatic rings. The molecule has 0 amide bonds. The van der Waals surface area contributed by atoms with Crippen LogP contribution < -0.4 is 5.73 Å². The number of benzene rings is 1. The molecule has 94 valence electrons. The summed E-state index contributed by atoms with van der Waals surface area (Å²) in [4.78, 5) is 21.9. The molecule has 0 aliphatic heterocycles. The first-order chi connectivity index (χ1) is 7.56.